The lowest BCUT2D eigenvalue weighted by Gasteiger charge is -2.27. The average molecular weight is 254 g/mol. The zero-order valence-corrected chi connectivity index (χ0v) is 11.3. The number of carbonyl (C=O) groups is 1. The highest BCUT2D eigenvalue weighted by Gasteiger charge is 2.44. The van der Waals surface area contributed by atoms with Gasteiger partial charge in [0.1, 0.15) is 0 Å². The quantitative estimate of drug-likeness (QED) is 0.738. The number of thiocarbonyl (C=S) groups is 1. The molecule has 4 heteroatoms. The Bertz CT molecular complexity index is 319. The molecule has 2 fully saturated rings. The normalized spacial score (nSPS) is 24.3. The van der Waals surface area contributed by atoms with Gasteiger partial charge in [0.25, 0.3) is 0 Å². The van der Waals surface area contributed by atoms with Crippen LogP contribution in [0.1, 0.15) is 45.4 Å². The van der Waals surface area contributed by atoms with Crippen molar-refractivity contribution in [3.63, 3.8) is 0 Å². The molecule has 0 bridgehead atoms. The summed E-state index contributed by atoms with van der Waals surface area (Å²) < 4.78 is 0. The number of hydrogen-bond acceptors (Lipinski definition) is 2. The first-order chi connectivity index (χ1) is 8.06. The highest BCUT2D eigenvalue weighted by molar-refractivity contribution is 7.80. The number of nitrogens with two attached hydrogens (primary N) is 1. The zero-order chi connectivity index (χ0) is 12.5. The van der Waals surface area contributed by atoms with Gasteiger partial charge < -0.3 is 11.1 Å². The van der Waals surface area contributed by atoms with Crippen LogP contribution in [0.15, 0.2) is 0 Å². The first-order valence-corrected chi connectivity index (χ1v) is 7.05. The van der Waals surface area contributed by atoms with Crippen LogP contribution in [-0.4, -0.2) is 17.4 Å². The van der Waals surface area contributed by atoms with Gasteiger partial charge >= 0.3 is 0 Å². The second kappa shape index (κ2) is 4.92. The summed E-state index contributed by atoms with van der Waals surface area (Å²) in [5.41, 5.74) is 5.24. The van der Waals surface area contributed by atoms with Gasteiger partial charge in [0.05, 0.1) is 10.4 Å². The van der Waals surface area contributed by atoms with Crippen LogP contribution in [0, 0.1) is 17.3 Å². The van der Waals surface area contributed by atoms with Crippen LogP contribution in [0.3, 0.4) is 0 Å². The van der Waals surface area contributed by atoms with E-state index in [1.54, 1.807) is 0 Å². The van der Waals surface area contributed by atoms with E-state index in [0.29, 0.717) is 10.9 Å². The van der Waals surface area contributed by atoms with Gasteiger partial charge in [-0.3, -0.25) is 4.79 Å². The summed E-state index contributed by atoms with van der Waals surface area (Å²) in [5, 5.41) is 3.06. The van der Waals surface area contributed by atoms with Gasteiger partial charge in [0, 0.05) is 6.54 Å². The van der Waals surface area contributed by atoms with E-state index in [1.165, 1.54) is 12.8 Å². The fraction of sp³-hybridized carbons (Fsp3) is 0.846. The Morgan fingerprint density at radius 2 is 2.06 bits per heavy atom. The number of nitrogens with one attached hydrogen (secondary N) is 1. The fourth-order valence-corrected chi connectivity index (χ4v) is 3.12. The van der Waals surface area contributed by atoms with Crippen LogP contribution >= 0.6 is 12.2 Å². The maximum atomic E-state index is 12.3. The summed E-state index contributed by atoms with van der Waals surface area (Å²) >= 11 is 5.10. The standard InChI is InChI=1S/C13H22N2OS/c1-9(10-4-5-10)8-15-12(16)13(11(14)17)6-2-3-7-13/h9-10H,2-8H2,1H3,(H2,14,17)(H,15,16). The van der Waals surface area contributed by atoms with Crippen molar-refractivity contribution in [3.05, 3.63) is 0 Å². The third kappa shape index (κ3) is 2.62. The second-order valence-electron chi connectivity index (χ2n) is 5.68. The average Bonchev–Trinajstić information content (AvgIpc) is 3.02. The third-order valence-electron chi connectivity index (χ3n) is 4.37. The molecule has 0 aromatic heterocycles. The molecule has 0 aromatic carbocycles. The van der Waals surface area contributed by atoms with Crippen molar-refractivity contribution >= 4 is 23.1 Å². The SMILES string of the molecule is CC(CNC(=O)C1(C(N)=S)CCCC1)C1CC1. The van der Waals surface area contributed by atoms with Gasteiger partial charge in [0.15, 0.2) is 0 Å². The van der Waals surface area contributed by atoms with Crippen LogP contribution in [0.2, 0.25) is 0 Å². The predicted molar refractivity (Wildman–Crippen MR) is 72.6 cm³/mol. The topological polar surface area (TPSA) is 55.1 Å². The maximum absolute atomic E-state index is 12.3. The molecule has 3 N–H and O–H groups in total. The molecule has 0 aliphatic heterocycles. The molecule has 0 radical (unpaired) electrons. The summed E-state index contributed by atoms with van der Waals surface area (Å²) in [6.07, 6.45) is 6.40. The number of hydrogen-bond donors (Lipinski definition) is 2. The molecule has 2 aliphatic rings. The van der Waals surface area contributed by atoms with E-state index in [4.69, 9.17) is 18.0 Å². The largest absolute Gasteiger partial charge is 0.392 e. The van der Waals surface area contributed by atoms with Crippen molar-refractivity contribution in [3.8, 4) is 0 Å². The molecular weight excluding hydrogens is 232 g/mol. The summed E-state index contributed by atoms with van der Waals surface area (Å²) in [5.74, 6) is 1.47. The summed E-state index contributed by atoms with van der Waals surface area (Å²) in [6, 6.07) is 0. The molecule has 96 valence electrons. The minimum Gasteiger partial charge on any atom is -0.392 e. The van der Waals surface area contributed by atoms with Crippen molar-refractivity contribution in [1.29, 1.82) is 0 Å². The summed E-state index contributed by atoms with van der Waals surface area (Å²) in [7, 11) is 0. The van der Waals surface area contributed by atoms with E-state index in [-0.39, 0.29) is 5.91 Å². The molecule has 3 nitrogen and oxygen atoms in total. The van der Waals surface area contributed by atoms with Crippen LogP contribution in [0.4, 0.5) is 0 Å². The lowest BCUT2D eigenvalue weighted by molar-refractivity contribution is -0.127. The Labute approximate surface area is 109 Å². The Morgan fingerprint density at radius 1 is 1.47 bits per heavy atom. The van der Waals surface area contributed by atoms with Crippen molar-refractivity contribution in [2.24, 2.45) is 23.0 Å². The van der Waals surface area contributed by atoms with E-state index in [1.807, 2.05) is 0 Å². The lowest BCUT2D eigenvalue weighted by atomic mass is 9.85. The van der Waals surface area contributed by atoms with Crippen molar-refractivity contribution in [2.45, 2.75) is 45.4 Å². The Hall–Kier alpha value is -0.640. The first kappa shape index (κ1) is 12.8. The molecule has 1 amide bonds. The molecule has 0 spiro atoms. The molecule has 1 atom stereocenters. The molecule has 0 saturated heterocycles. The van der Waals surface area contributed by atoms with Crippen molar-refractivity contribution in [2.75, 3.05) is 6.54 Å². The minimum absolute atomic E-state index is 0.0648. The molecule has 1 unspecified atom stereocenters. The summed E-state index contributed by atoms with van der Waals surface area (Å²) in [4.78, 5) is 12.7. The second-order valence-corrected chi connectivity index (χ2v) is 6.12. The lowest BCUT2D eigenvalue weighted by Crippen LogP contribution is -2.48. The predicted octanol–water partition coefficient (Wildman–Crippen LogP) is 2.00. The Balaban J connectivity index is 1.90. The highest BCUT2D eigenvalue weighted by Crippen LogP contribution is 2.39. The molecule has 17 heavy (non-hydrogen) atoms. The maximum Gasteiger partial charge on any atom is 0.233 e. The molecule has 0 aromatic rings. The molecular formula is C13H22N2OS. The molecule has 2 saturated carbocycles. The van der Waals surface area contributed by atoms with Crippen LogP contribution < -0.4 is 11.1 Å². The van der Waals surface area contributed by atoms with Gasteiger partial charge in [0.2, 0.25) is 5.91 Å². The number of carbonyl (C=O) groups excluding carboxylic acids is 1. The Kier molecular flexibility index (Phi) is 3.71. The number of amides is 1. The van der Waals surface area contributed by atoms with Gasteiger partial charge in [-0.2, -0.15) is 0 Å². The van der Waals surface area contributed by atoms with E-state index in [2.05, 4.69) is 12.2 Å². The minimum atomic E-state index is -0.543. The van der Waals surface area contributed by atoms with Gasteiger partial charge in [-0.15, -0.1) is 0 Å². The van der Waals surface area contributed by atoms with Gasteiger partial charge in [-0.1, -0.05) is 32.0 Å². The highest BCUT2D eigenvalue weighted by atomic mass is 32.1. The van der Waals surface area contributed by atoms with Crippen LogP contribution in [0.5, 0.6) is 0 Å². The molecule has 0 heterocycles. The first-order valence-electron chi connectivity index (χ1n) is 6.64. The van der Waals surface area contributed by atoms with Crippen LogP contribution in [0.25, 0.3) is 0 Å². The van der Waals surface area contributed by atoms with E-state index in [9.17, 15) is 4.79 Å². The fourth-order valence-electron chi connectivity index (χ4n) is 2.82. The molecule has 2 rings (SSSR count). The number of rotatable bonds is 5. The van der Waals surface area contributed by atoms with E-state index < -0.39 is 5.41 Å². The monoisotopic (exact) mass is 254 g/mol. The van der Waals surface area contributed by atoms with E-state index in [0.717, 1.165) is 38.1 Å². The molecule has 2 aliphatic carbocycles. The van der Waals surface area contributed by atoms with Gasteiger partial charge in [-0.25, -0.2) is 0 Å². The van der Waals surface area contributed by atoms with E-state index >= 15 is 0 Å². The van der Waals surface area contributed by atoms with Crippen molar-refractivity contribution < 1.29 is 4.79 Å². The van der Waals surface area contributed by atoms with Crippen molar-refractivity contribution in [1.82, 2.24) is 5.32 Å². The smallest absolute Gasteiger partial charge is 0.233 e. The zero-order valence-electron chi connectivity index (χ0n) is 10.5. The van der Waals surface area contributed by atoms with Crippen LogP contribution in [-0.2, 0) is 4.79 Å². The Morgan fingerprint density at radius 3 is 2.53 bits per heavy atom. The van der Waals surface area contributed by atoms with Gasteiger partial charge in [-0.05, 0) is 37.5 Å². The third-order valence-corrected chi connectivity index (χ3v) is 4.77. The summed E-state index contributed by atoms with van der Waals surface area (Å²) in [6.45, 7) is 2.98.